The number of rotatable bonds is 6. The summed E-state index contributed by atoms with van der Waals surface area (Å²) in [5, 5.41) is 12.9. The SMILES string of the molecule is C[C@H](NC(=O)c1c(NS(C)(=O)=O)c(-c2ccccc2)nc2ccccc12)c1ccccc1C#N. The molecule has 0 saturated heterocycles. The number of nitrogens with zero attached hydrogens (tertiary/aromatic N) is 2. The van der Waals surface area contributed by atoms with Crippen molar-refractivity contribution in [2.75, 3.05) is 11.0 Å². The number of amides is 1. The molecule has 1 amide bonds. The van der Waals surface area contributed by atoms with Crippen molar-refractivity contribution < 1.29 is 13.2 Å². The van der Waals surface area contributed by atoms with Crippen LogP contribution in [0.1, 0.15) is 34.5 Å². The van der Waals surface area contributed by atoms with Crippen molar-refractivity contribution in [3.63, 3.8) is 0 Å². The molecule has 4 rings (SSSR count). The second-order valence-corrected chi connectivity index (χ2v) is 9.61. The molecule has 7 nitrogen and oxygen atoms in total. The summed E-state index contributed by atoms with van der Waals surface area (Å²) >= 11 is 0. The van der Waals surface area contributed by atoms with Crippen molar-refractivity contribution >= 4 is 32.5 Å². The summed E-state index contributed by atoms with van der Waals surface area (Å²) < 4.78 is 27.2. The van der Waals surface area contributed by atoms with Crippen LogP contribution in [0.3, 0.4) is 0 Å². The smallest absolute Gasteiger partial charge is 0.254 e. The van der Waals surface area contributed by atoms with E-state index >= 15 is 0 Å². The van der Waals surface area contributed by atoms with E-state index in [2.05, 4.69) is 21.1 Å². The topological polar surface area (TPSA) is 112 Å². The Morgan fingerprint density at radius 3 is 2.32 bits per heavy atom. The molecule has 0 aliphatic heterocycles. The lowest BCUT2D eigenvalue weighted by Gasteiger charge is -2.20. The van der Waals surface area contributed by atoms with Crippen LogP contribution in [-0.2, 0) is 10.0 Å². The summed E-state index contributed by atoms with van der Waals surface area (Å²) in [6.07, 6.45) is 1.03. The lowest BCUT2D eigenvalue weighted by atomic mass is 9.99. The molecule has 0 aliphatic rings. The molecule has 3 aromatic carbocycles. The summed E-state index contributed by atoms with van der Waals surface area (Å²) in [6, 6.07) is 24.8. The van der Waals surface area contributed by atoms with Gasteiger partial charge in [-0.25, -0.2) is 13.4 Å². The minimum atomic E-state index is -3.74. The van der Waals surface area contributed by atoms with Gasteiger partial charge in [0.1, 0.15) is 0 Å². The number of nitrogens with one attached hydrogen (secondary N) is 2. The second kappa shape index (κ2) is 9.33. The van der Waals surface area contributed by atoms with Crippen LogP contribution >= 0.6 is 0 Å². The van der Waals surface area contributed by atoms with Crippen molar-refractivity contribution in [3.05, 3.63) is 95.6 Å². The van der Waals surface area contributed by atoms with Gasteiger partial charge in [-0.05, 0) is 24.6 Å². The first kappa shape index (κ1) is 23.0. The quantitative estimate of drug-likeness (QED) is 0.426. The molecular weight excluding hydrogens is 448 g/mol. The van der Waals surface area contributed by atoms with Gasteiger partial charge in [-0.3, -0.25) is 9.52 Å². The first-order valence-corrected chi connectivity index (χ1v) is 12.4. The summed E-state index contributed by atoms with van der Waals surface area (Å²) in [7, 11) is -3.74. The third-order valence-electron chi connectivity index (χ3n) is 5.35. The van der Waals surface area contributed by atoms with E-state index in [9.17, 15) is 18.5 Å². The zero-order chi connectivity index (χ0) is 24.3. The average Bonchev–Trinajstić information content (AvgIpc) is 2.83. The highest BCUT2D eigenvalue weighted by Crippen LogP contribution is 2.35. The molecule has 170 valence electrons. The summed E-state index contributed by atoms with van der Waals surface area (Å²) in [5.74, 6) is -0.484. The van der Waals surface area contributed by atoms with Gasteiger partial charge in [0.25, 0.3) is 5.91 Å². The van der Waals surface area contributed by atoms with Gasteiger partial charge in [-0.15, -0.1) is 0 Å². The highest BCUT2D eigenvalue weighted by atomic mass is 32.2. The van der Waals surface area contributed by atoms with E-state index in [0.29, 0.717) is 33.3 Å². The number of carbonyl (C=O) groups is 1. The predicted octanol–water partition coefficient (Wildman–Crippen LogP) is 4.64. The number of hydrogen-bond acceptors (Lipinski definition) is 5. The molecule has 1 atom stereocenters. The molecule has 34 heavy (non-hydrogen) atoms. The van der Waals surface area contributed by atoms with Crippen LogP contribution < -0.4 is 10.0 Å². The third-order valence-corrected chi connectivity index (χ3v) is 5.92. The number of aromatic nitrogens is 1. The fourth-order valence-corrected chi connectivity index (χ4v) is 4.43. The first-order valence-electron chi connectivity index (χ1n) is 10.5. The van der Waals surface area contributed by atoms with Gasteiger partial charge in [-0.2, -0.15) is 5.26 Å². The fourth-order valence-electron chi connectivity index (χ4n) is 3.86. The lowest BCUT2D eigenvalue weighted by molar-refractivity contribution is 0.0942. The Balaban J connectivity index is 1.92. The highest BCUT2D eigenvalue weighted by molar-refractivity contribution is 7.92. The van der Waals surface area contributed by atoms with E-state index in [4.69, 9.17) is 0 Å². The number of para-hydroxylation sites is 1. The largest absolute Gasteiger partial charge is 0.345 e. The molecule has 1 aromatic heterocycles. The number of anilines is 1. The maximum absolute atomic E-state index is 13.7. The maximum atomic E-state index is 13.7. The van der Waals surface area contributed by atoms with Crippen molar-refractivity contribution in [3.8, 4) is 17.3 Å². The molecule has 0 bridgehead atoms. The molecule has 0 unspecified atom stereocenters. The van der Waals surface area contributed by atoms with Gasteiger partial charge in [-0.1, -0.05) is 66.7 Å². The van der Waals surface area contributed by atoms with E-state index in [1.165, 1.54) is 0 Å². The van der Waals surface area contributed by atoms with Gasteiger partial charge in [0, 0.05) is 10.9 Å². The molecule has 0 fully saturated rings. The maximum Gasteiger partial charge on any atom is 0.254 e. The molecular formula is C26H22N4O3S. The number of benzene rings is 3. The summed E-state index contributed by atoms with van der Waals surface area (Å²) in [5.41, 5.74) is 2.95. The summed E-state index contributed by atoms with van der Waals surface area (Å²) in [4.78, 5) is 18.4. The number of sulfonamides is 1. The van der Waals surface area contributed by atoms with Crippen LogP contribution in [0.25, 0.3) is 22.2 Å². The van der Waals surface area contributed by atoms with Crippen molar-refractivity contribution in [1.82, 2.24) is 10.3 Å². The van der Waals surface area contributed by atoms with E-state index in [1.807, 2.05) is 18.2 Å². The van der Waals surface area contributed by atoms with Crippen LogP contribution in [0.2, 0.25) is 0 Å². The zero-order valence-electron chi connectivity index (χ0n) is 18.6. The Labute approximate surface area is 198 Å². The fraction of sp³-hybridized carbons (Fsp3) is 0.115. The van der Waals surface area contributed by atoms with Crippen molar-refractivity contribution in [2.24, 2.45) is 0 Å². The Morgan fingerprint density at radius 1 is 0.971 bits per heavy atom. The molecule has 4 aromatic rings. The second-order valence-electron chi connectivity index (χ2n) is 7.86. The van der Waals surface area contributed by atoms with Gasteiger partial charge >= 0.3 is 0 Å². The number of fused-ring (bicyclic) bond motifs is 1. The molecule has 0 aliphatic carbocycles. The van der Waals surface area contributed by atoms with Crippen LogP contribution in [0.5, 0.6) is 0 Å². The molecule has 0 spiro atoms. The van der Waals surface area contributed by atoms with Gasteiger partial charge in [0.2, 0.25) is 10.0 Å². The van der Waals surface area contributed by atoms with Gasteiger partial charge in [0.15, 0.2) is 0 Å². The van der Waals surface area contributed by atoms with E-state index in [0.717, 1.165) is 6.26 Å². The minimum absolute atomic E-state index is 0.102. The molecule has 0 radical (unpaired) electrons. The standard InChI is InChI=1S/C26H22N4O3S/c1-17(20-13-7-6-12-19(20)16-27)28-26(31)23-21-14-8-9-15-22(21)29-24(18-10-4-3-5-11-18)25(23)30-34(2,32)33/h3-15,17,30H,1-2H3,(H,28,31)/t17-/m0/s1. The van der Waals surface area contributed by atoms with Crippen LogP contribution in [-0.4, -0.2) is 25.6 Å². The molecule has 8 heteroatoms. The van der Waals surface area contributed by atoms with Crippen molar-refractivity contribution in [1.29, 1.82) is 5.26 Å². The van der Waals surface area contributed by atoms with Crippen molar-refractivity contribution in [2.45, 2.75) is 13.0 Å². The average molecular weight is 471 g/mol. The van der Waals surface area contributed by atoms with E-state index in [-0.39, 0.29) is 11.3 Å². The monoisotopic (exact) mass is 470 g/mol. The number of hydrogen-bond donors (Lipinski definition) is 2. The number of nitriles is 1. The van der Waals surface area contributed by atoms with Gasteiger partial charge < -0.3 is 5.32 Å². The number of pyridine rings is 1. The van der Waals surface area contributed by atoms with Crippen LogP contribution in [0.15, 0.2) is 78.9 Å². The zero-order valence-corrected chi connectivity index (χ0v) is 19.4. The third kappa shape index (κ3) is 4.75. The van der Waals surface area contributed by atoms with Crippen LogP contribution in [0, 0.1) is 11.3 Å². The predicted molar refractivity (Wildman–Crippen MR) is 133 cm³/mol. The highest BCUT2D eigenvalue weighted by Gasteiger charge is 2.25. The lowest BCUT2D eigenvalue weighted by Crippen LogP contribution is -2.29. The Morgan fingerprint density at radius 2 is 1.62 bits per heavy atom. The van der Waals surface area contributed by atoms with Crippen LogP contribution in [0.4, 0.5) is 5.69 Å². The summed E-state index contributed by atoms with van der Waals surface area (Å²) in [6.45, 7) is 1.78. The minimum Gasteiger partial charge on any atom is -0.345 e. The van der Waals surface area contributed by atoms with Gasteiger partial charge in [0.05, 0.1) is 46.4 Å². The Bertz CT molecular complexity index is 1530. The molecule has 0 saturated carbocycles. The Hall–Kier alpha value is -4.22. The molecule has 1 heterocycles. The van der Waals surface area contributed by atoms with E-state index in [1.54, 1.807) is 67.6 Å². The molecule has 2 N–H and O–H groups in total. The van der Waals surface area contributed by atoms with E-state index < -0.39 is 22.0 Å². The number of carbonyl (C=O) groups excluding carboxylic acids is 1. The Kier molecular flexibility index (Phi) is 6.30. The normalized spacial score (nSPS) is 12.0. The first-order chi connectivity index (χ1) is 16.3.